The van der Waals surface area contributed by atoms with Crippen LogP contribution >= 0.6 is 11.3 Å². The number of hydrogen-bond acceptors (Lipinski definition) is 4. The number of hydrogen-bond donors (Lipinski definition) is 1. The molecule has 0 amide bonds. The lowest BCUT2D eigenvalue weighted by Gasteiger charge is -2.34. The molecular formula is C22H24N2OS. The smallest absolute Gasteiger partial charge is 0.120 e. The maximum absolute atomic E-state index is 6.06. The van der Waals surface area contributed by atoms with Gasteiger partial charge < -0.3 is 10.1 Å². The highest BCUT2D eigenvalue weighted by molar-refractivity contribution is 7.10. The Labute approximate surface area is 159 Å². The van der Waals surface area contributed by atoms with E-state index in [-0.39, 0.29) is 0 Å². The second-order valence-electron chi connectivity index (χ2n) is 6.55. The van der Waals surface area contributed by atoms with Crippen molar-refractivity contribution >= 4 is 11.3 Å². The van der Waals surface area contributed by atoms with Gasteiger partial charge in [0.05, 0.1) is 6.04 Å². The Balaban J connectivity index is 1.56. The van der Waals surface area contributed by atoms with Gasteiger partial charge in [-0.3, -0.25) is 4.90 Å². The van der Waals surface area contributed by atoms with Crippen LogP contribution in [0.5, 0.6) is 5.75 Å². The van der Waals surface area contributed by atoms with E-state index in [0.29, 0.717) is 12.6 Å². The highest BCUT2D eigenvalue weighted by Gasteiger charge is 2.24. The van der Waals surface area contributed by atoms with Gasteiger partial charge in [-0.05, 0) is 34.7 Å². The van der Waals surface area contributed by atoms with Crippen LogP contribution in [-0.2, 0) is 6.61 Å². The van der Waals surface area contributed by atoms with Crippen LogP contribution in [0.25, 0.3) is 0 Å². The van der Waals surface area contributed by atoms with Gasteiger partial charge in [-0.2, -0.15) is 0 Å². The molecule has 134 valence electrons. The third-order valence-electron chi connectivity index (χ3n) is 4.75. The normalized spacial score (nSPS) is 16.3. The first-order chi connectivity index (χ1) is 12.9. The maximum atomic E-state index is 6.06. The summed E-state index contributed by atoms with van der Waals surface area (Å²) < 4.78 is 6.06. The molecule has 1 saturated heterocycles. The summed E-state index contributed by atoms with van der Waals surface area (Å²) >= 11 is 1.83. The van der Waals surface area contributed by atoms with Gasteiger partial charge in [-0.25, -0.2) is 0 Å². The summed E-state index contributed by atoms with van der Waals surface area (Å²) in [5.41, 5.74) is 2.50. The van der Waals surface area contributed by atoms with Gasteiger partial charge >= 0.3 is 0 Å². The molecule has 1 atom stereocenters. The van der Waals surface area contributed by atoms with E-state index in [0.717, 1.165) is 31.9 Å². The minimum absolute atomic E-state index is 0.303. The topological polar surface area (TPSA) is 24.5 Å². The molecule has 1 aliphatic heterocycles. The van der Waals surface area contributed by atoms with E-state index >= 15 is 0 Å². The van der Waals surface area contributed by atoms with Gasteiger partial charge in [0.1, 0.15) is 12.4 Å². The quantitative estimate of drug-likeness (QED) is 0.705. The average Bonchev–Trinajstić information content (AvgIpc) is 3.23. The second-order valence-corrected chi connectivity index (χ2v) is 7.53. The number of thiophene rings is 1. The van der Waals surface area contributed by atoms with E-state index in [1.54, 1.807) is 0 Å². The molecule has 4 rings (SSSR count). The predicted molar refractivity (Wildman–Crippen MR) is 108 cm³/mol. The number of ether oxygens (including phenoxy) is 1. The molecule has 3 aromatic rings. The van der Waals surface area contributed by atoms with Crippen molar-refractivity contribution in [2.45, 2.75) is 12.6 Å². The SMILES string of the molecule is c1ccc(COc2cccc(C(c3cccs3)N3CCNCC3)c2)cc1. The average molecular weight is 365 g/mol. The summed E-state index contributed by atoms with van der Waals surface area (Å²) in [6.45, 7) is 4.83. The van der Waals surface area contributed by atoms with Crippen LogP contribution in [-0.4, -0.2) is 31.1 Å². The van der Waals surface area contributed by atoms with Crippen molar-refractivity contribution in [3.63, 3.8) is 0 Å². The molecule has 3 nitrogen and oxygen atoms in total. The fourth-order valence-corrected chi connectivity index (χ4v) is 4.34. The van der Waals surface area contributed by atoms with Crippen LogP contribution in [0.15, 0.2) is 72.1 Å². The Hall–Kier alpha value is -2.14. The fourth-order valence-electron chi connectivity index (χ4n) is 3.46. The van der Waals surface area contributed by atoms with Crippen molar-refractivity contribution in [2.75, 3.05) is 26.2 Å². The Bertz CT molecular complexity index is 798. The van der Waals surface area contributed by atoms with E-state index < -0.39 is 0 Å². The van der Waals surface area contributed by atoms with Crippen LogP contribution < -0.4 is 10.1 Å². The number of nitrogens with zero attached hydrogens (tertiary/aromatic N) is 1. The van der Waals surface area contributed by atoms with Crippen molar-refractivity contribution in [3.8, 4) is 5.75 Å². The zero-order chi connectivity index (χ0) is 17.6. The molecule has 0 spiro atoms. The molecule has 0 bridgehead atoms. The number of nitrogens with one attached hydrogen (secondary N) is 1. The second kappa shape index (κ2) is 8.49. The van der Waals surface area contributed by atoms with E-state index in [4.69, 9.17) is 4.74 Å². The van der Waals surface area contributed by atoms with Crippen LogP contribution in [0.3, 0.4) is 0 Å². The first kappa shape index (κ1) is 17.3. The molecule has 1 fully saturated rings. The van der Waals surface area contributed by atoms with Gasteiger partial charge in [0.15, 0.2) is 0 Å². The first-order valence-electron chi connectivity index (χ1n) is 9.15. The van der Waals surface area contributed by atoms with Crippen LogP contribution in [0, 0.1) is 0 Å². The summed E-state index contributed by atoms with van der Waals surface area (Å²) in [7, 11) is 0. The fraction of sp³-hybridized carbons (Fsp3) is 0.273. The lowest BCUT2D eigenvalue weighted by molar-refractivity contribution is 0.200. The molecule has 1 aliphatic rings. The lowest BCUT2D eigenvalue weighted by Crippen LogP contribution is -2.45. The largest absolute Gasteiger partial charge is 0.489 e. The molecule has 1 N–H and O–H groups in total. The molecule has 0 aliphatic carbocycles. The zero-order valence-electron chi connectivity index (χ0n) is 14.8. The van der Waals surface area contributed by atoms with Gasteiger partial charge in [0, 0.05) is 31.1 Å². The summed E-state index contributed by atoms with van der Waals surface area (Å²) in [4.78, 5) is 3.96. The maximum Gasteiger partial charge on any atom is 0.120 e. The lowest BCUT2D eigenvalue weighted by atomic mass is 10.0. The summed E-state index contributed by atoms with van der Waals surface area (Å²) in [5, 5.41) is 5.62. The van der Waals surface area contributed by atoms with Crippen molar-refractivity contribution in [3.05, 3.63) is 88.1 Å². The standard InChI is InChI=1S/C22H24N2OS/c1-2-6-18(7-3-1)17-25-20-9-4-8-19(16-20)22(21-10-5-15-26-21)24-13-11-23-12-14-24/h1-10,15-16,22-23H,11-14,17H2. The van der Waals surface area contributed by atoms with Crippen LogP contribution in [0.2, 0.25) is 0 Å². The summed E-state index contributed by atoms with van der Waals surface area (Å²) in [6.07, 6.45) is 0. The third-order valence-corrected chi connectivity index (χ3v) is 5.68. The Morgan fingerprint density at radius 1 is 0.962 bits per heavy atom. The Kier molecular flexibility index (Phi) is 5.65. The highest BCUT2D eigenvalue weighted by atomic mass is 32.1. The predicted octanol–water partition coefficient (Wildman–Crippen LogP) is 4.32. The number of rotatable bonds is 6. The Morgan fingerprint density at radius 2 is 1.81 bits per heavy atom. The van der Waals surface area contributed by atoms with Gasteiger partial charge in [0.25, 0.3) is 0 Å². The van der Waals surface area contributed by atoms with Crippen molar-refractivity contribution in [1.82, 2.24) is 10.2 Å². The summed E-state index contributed by atoms with van der Waals surface area (Å²) in [6, 6.07) is 23.6. The number of benzene rings is 2. The molecule has 2 heterocycles. The van der Waals surface area contributed by atoms with E-state index in [9.17, 15) is 0 Å². The number of piperazine rings is 1. The first-order valence-corrected chi connectivity index (χ1v) is 10.0. The van der Waals surface area contributed by atoms with Gasteiger partial charge in [-0.1, -0.05) is 48.5 Å². The van der Waals surface area contributed by atoms with Gasteiger partial charge in [0.2, 0.25) is 0 Å². The van der Waals surface area contributed by atoms with E-state index in [1.807, 2.05) is 29.5 Å². The molecule has 0 saturated carbocycles. The third kappa shape index (κ3) is 4.15. The summed E-state index contributed by atoms with van der Waals surface area (Å²) in [5.74, 6) is 0.933. The monoisotopic (exact) mass is 364 g/mol. The minimum atomic E-state index is 0.303. The molecular weight excluding hydrogens is 340 g/mol. The molecule has 1 unspecified atom stereocenters. The van der Waals surface area contributed by atoms with Crippen molar-refractivity contribution in [2.24, 2.45) is 0 Å². The van der Waals surface area contributed by atoms with E-state index in [1.165, 1.54) is 16.0 Å². The van der Waals surface area contributed by atoms with Crippen molar-refractivity contribution in [1.29, 1.82) is 0 Å². The van der Waals surface area contributed by atoms with Crippen molar-refractivity contribution < 1.29 is 4.74 Å². The minimum Gasteiger partial charge on any atom is -0.489 e. The van der Waals surface area contributed by atoms with Gasteiger partial charge in [-0.15, -0.1) is 11.3 Å². The van der Waals surface area contributed by atoms with Crippen LogP contribution in [0.4, 0.5) is 0 Å². The molecule has 0 radical (unpaired) electrons. The molecule has 26 heavy (non-hydrogen) atoms. The van der Waals surface area contributed by atoms with E-state index in [2.05, 4.69) is 64.1 Å². The zero-order valence-corrected chi connectivity index (χ0v) is 15.6. The molecule has 2 aromatic carbocycles. The highest BCUT2D eigenvalue weighted by Crippen LogP contribution is 2.33. The Morgan fingerprint density at radius 3 is 2.58 bits per heavy atom. The molecule has 1 aromatic heterocycles. The molecule has 4 heteroatoms. The van der Waals surface area contributed by atoms with Crippen LogP contribution in [0.1, 0.15) is 22.0 Å².